The van der Waals surface area contributed by atoms with Crippen LogP contribution in [0.2, 0.25) is 5.02 Å². The molecule has 0 bridgehead atoms. The van der Waals surface area contributed by atoms with Gasteiger partial charge < -0.3 is 24.2 Å². The van der Waals surface area contributed by atoms with Gasteiger partial charge in [-0.2, -0.15) is 4.98 Å². The molecule has 2 atom stereocenters. The molecule has 3 aromatic rings. The van der Waals surface area contributed by atoms with Crippen molar-refractivity contribution >= 4 is 34.5 Å². The molecule has 2 aromatic carbocycles. The van der Waals surface area contributed by atoms with Crippen LogP contribution in [0.1, 0.15) is 37.3 Å². The fourth-order valence-electron chi connectivity index (χ4n) is 4.42. The lowest BCUT2D eigenvalue weighted by Gasteiger charge is -2.38. The van der Waals surface area contributed by atoms with Crippen LogP contribution in [0, 0.1) is 0 Å². The van der Waals surface area contributed by atoms with E-state index in [1.54, 1.807) is 7.11 Å². The molecule has 2 unspecified atom stereocenters. The highest BCUT2D eigenvalue weighted by Crippen LogP contribution is 2.38. The molecule has 1 saturated heterocycles. The first-order chi connectivity index (χ1) is 16.5. The first kappa shape index (κ1) is 22.8. The highest BCUT2D eigenvalue weighted by Gasteiger charge is 2.35. The van der Waals surface area contributed by atoms with E-state index < -0.39 is 0 Å². The SMILES string of the molecule is COc1cccc(C2NC(=S)N(CC3CCCO3)C(C)=C2c2nc(-c3cccc(Cl)c3)no2)c1. The number of ether oxygens (including phenoxy) is 2. The quantitative estimate of drug-likeness (QED) is 0.464. The summed E-state index contributed by atoms with van der Waals surface area (Å²) >= 11 is 12.0. The lowest BCUT2D eigenvalue weighted by molar-refractivity contribution is 0.0962. The molecule has 1 fully saturated rings. The van der Waals surface area contributed by atoms with Crippen LogP contribution in [0.3, 0.4) is 0 Å². The van der Waals surface area contributed by atoms with Crippen LogP contribution in [0.25, 0.3) is 17.0 Å². The Morgan fingerprint density at radius 3 is 2.85 bits per heavy atom. The third-order valence-electron chi connectivity index (χ3n) is 6.17. The number of halogens is 1. The number of benzene rings is 2. The van der Waals surface area contributed by atoms with E-state index in [1.165, 1.54) is 0 Å². The molecule has 3 heterocycles. The van der Waals surface area contributed by atoms with Crippen molar-refractivity contribution in [1.29, 1.82) is 0 Å². The fraction of sp³-hybridized carbons (Fsp3) is 0.320. The summed E-state index contributed by atoms with van der Waals surface area (Å²) in [5.41, 5.74) is 3.58. The van der Waals surface area contributed by atoms with Gasteiger partial charge in [0.25, 0.3) is 5.89 Å². The van der Waals surface area contributed by atoms with Crippen molar-refractivity contribution in [3.63, 3.8) is 0 Å². The van der Waals surface area contributed by atoms with E-state index in [9.17, 15) is 0 Å². The van der Waals surface area contributed by atoms with Crippen molar-refractivity contribution in [3.8, 4) is 17.1 Å². The van der Waals surface area contributed by atoms with Crippen molar-refractivity contribution in [2.45, 2.75) is 31.9 Å². The number of allylic oxidation sites excluding steroid dienone is 1. The van der Waals surface area contributed by atoms with E-state index in [0.717, 1.165) is 47.6 Å². The Morgan fingerprint density at radius 2 is 2.09 bits per heavy atom. The highest BCUT2D eigenvalue weighted by atomic mass is 35.5. The molecule has 0 aliphatic carbocycles. The maximum absolute atomic E-state index is 6.17. The molecule has 2 aliphatic rings. The summed E-state index contributed by atoms with van der Waals surface area (Å²) in [7, 11) is 1.65. The third-order valence-corrected chi connectivity index (χ3v) is 6.75. The zero-order valence-electron chi connectivity index (χ0n) is 19.0. The van der Waals surface area contributed by atoms with E-state index in [2.05, 4.69) is 15.4 Å². The van der Waals surface area contributed by atoms with Crippen LogP contribution in [0.4, 0.5) is 0 Å². The lowest BCUT2D eigenvalue weighted by atomic mass is 9.94. The van der Waals surface area contributed by atoms with Gasteiger partial charge in [-0.15, -0.1) is 0 Å². The topological polar surface area (TPSA) is 72.7 Å². The number of rotatable bonds is 6. The van der Waals surface area contributed by atoms with Crippen molar-refractivity contribution < 1.29 is 14.0 Å². The minimum atomic E-state index is -0.281. The van der Waals surface area contributed by atoms with Crippen LogP contribution >= 0.6 is 23.8 Å². The van der Waals surface area contributed by atoms with Crippen LogP contribution in [-0.2, 0) is 4.74 Å². The standard InChI is InChI=1S/C25H25ClN4O3S/c1-15-21(24-28-23(29-33-24)17-7-3-8-18(26)12-17)22(16-6-4-9-19(13-16)31-2)27-25(34)30(15)14-20-10-5-11-32-20/h3-4,6-9,12-13,20,22H,5,10-11,14H2,1-2H3,(H,27,34). The summed E-state index contributed by atoms with van der Waals surface area (Å²) < 4.78 is 17.1. The molecule has 1 aromatic heterocycles. The van der Waals surface area contributed by atoms with Crippen molar-refractivity contribution in [1.82, 2.24) is 20.4 Å². The molecule has 5 rings (SSSR count). The van der Waals surface area contributed by atoms with Gasteiger partial charge in [-0.3, -0.25) is 0 Å². The highest BCUT2D eigenvalue weighted by molar-refractivity contribution is 7.80. The van der Waals surface area contributed by atoms with E-state index in [1.807, 2.05) is 55.5 Å². The van der Waals surface area contributed by atoms with Gasteiger partial charge in [0.2, 0.25) is 5.82 Å². The molecule has 0 saturated carbocycles. The van der Waals surface area contributed by atoms with Gasteiger partial charge in [-0.25, -0.2) is 0 Å². The number of hydrogen-bond donors (Lipinski definition) is 1. The Labute approximate surface area is 208 Å². The first-order valence-corrected chi connectivity index (χ1v) is 12.0. The Bertz CT molecular complexity index is 1240. The van der Waals surface area contributed by atoms with E-state index in [0.29, 0.717) is 28.4 Å². The summed E-state index contributed by atoms with van der Waals surface area (Å²) in [6.07, 6.45) is 2.21. The molecule has 0 spiro atoms. The van der Waals surface area contributed by atoms with Crippen LogP contribution in [0.5, 0.6) is 5.75 Å². The average Bonchev–Trinajstić information content (AvgIpc) is 3.54. The number of nitrogens with one attached hydrogen (secondary N) is 1. The third kappa shape index (κ3) is 4.53. The molecular formula is C25H25ClN4O3S. The van der Waals surface area contributed by atoms with Crippen molar-refractivity contribution in [3.05, 3.63) is 70.7 Å². The predicted molar refractivity (Wildman–Crippen MR) is 134 cm³/mol. The summed E-state index contributed by atoms with van der Waals surface area (Å²) in [4.78, 5) is 6.81. The Balaban J connectivity index is 1.58. The van der Waals surface area contributed by atoms with E-state index in [-0.39, 0.29) is 12.1 Å². The largest absolute Gasteiger partial charge is 0.497 e. The van der Waals surface area contributed by atoms with Crippen molar-refractivity contribution in [2.24, 2.45) is 0 Å². The molecule has 1 N–H and O–H groups in total. The smallest absolute Gasteiger partial charge is 0.258 e. The van der Waals surface area contributed by atoms with E-state index >= 15 is 0 Å². The summed E-state index contributed by atoms with van der Waals surface area (Å²) in [6.45, 7) is 3.49. The second kappa shape index (κ2) is 9.74. The molecule has 9 heteroatoms. The summed E-state index contributed by atoms with van der Waals surface area (Å²) in [5, 5.41) is 8.97. The number of aromatic nitrogens is 2. The van der Waals surface area contributed by atoms with Crippen LogP contribution in [0.15, 0.2) is 58.8 Å². The van der Waals surface area contributed by atoms with Gasteiger partial charge in [-0.1, -0.05) is 41.0 Å². The van der Waals surface area contributed by atoms with Gasteiger partial charge in [0.15, 0.2) is 5.11 Å². The van der Waals surface area contributed by atoms with Gasteiger partial charge >= 0.3 is 0 Å². The zero-order valence-corrected chi connectivity index (χ0v) is 20.5. The lowest BCUT2D eigenvalue weighted by Crippen LogP contribution is -2.48. The Morgan fingerprint density at radius 1 is 1.24 bits per heavy atom. The molecule has 34 heavy (non-hydrogen) atoms. The minimum Gasteiger partial charge on any atom is -0.497 e. The Kier molecular flexibility index (Phi) is 6.54. The maximum atomic E-state index is 6.17. The molecule has 0 amide bonds. The fourth-order valence-corrected chi connectivity index (χ4v) is 4.94. The molecule has 176 valence electrons. The second-order valence-electron chi connectivity index (χ2n) is 8.34. The number of hydrogen-bond acceptors (Lipinski definition) is 6. The van der Waals surface area contributed by atoms with Crippen LogP contribution in [-0.4, -0.2) is 46.5 Å². The van der Waals surface area contributed by atoms with Gasteiger partial charge in [0, 0.05) is 22.9 Å². The molecule has 2 aliphatic heterocycles. The monoisotopic (exact) mass is 496 g/mol. The maximum Gasteiger partial charge on any atom is 0.258 e. The number of nitrogens with zero attached hydrogens (tertiary/aromatic N) is 3. The number of thiocarbonyl (C=S) groups is 1. The summed E-state index contributed by atoms with van der Waals surface area (Å²) in [6, 6.07) is 15.0. The second-order valence-corrected chi connectivity index (χ2v) is 9.16. The van der Waals surface area contributed by atoms with Crippen LogP contribution < -0.4 is 10.1 Å². The van der Waals surface area contributed by atoms with Gasteiger partial charge in [-0.05, 0) is 61.8 Å². The summed E-state index contributed by atoms with van der Waals surface area (Å²) in [5.74, 6) is 1.66. The molecular weight excluding hydrogens is 472 g/mol. The average molecular weight is 497 g/mol. The van der Waals surface area contributed by atoms with Crippen molar-refractivity contribution in [2.75, 3.05) is 20.3 Å². The number of methoxy groups -OCH3 is 1. The van der Waals surface area contributed by atoms with Gasteiger partial charge in [0.1, 0.15) is 5.75 Å². The Hall–Kier alpha value is -2.94. The minimum absolute atomic E-state index is 0.133. The molecule has 7 nitrogen and oxygen atoms in total. The molecule has 0 radical (unpaired) electrons. The van der Waals surface area contributed by atoms with E-state index in [4.69, 9.17) is 42.8 Å². The predicted octanol–water partition coefficient (Wildman–Crippen LogP) is 5.24. The first-order valence-electron chi connectivity index (χ1n) is 11.2. The normalized spacial score (nSPS) is 20.6. The van der Waals surface area contributed by atoms with Gasteiger partial charge in [0.05, 0.1) is 31.4 Å². The zero-order chi connectivity index (χ0) is 23.7.